The molecule has 10 heavy (non-hydrogen) atoms. The summed E-state index contributed by atoms with van der Waals surface area (Å²) in [6, 6.07) is 1.82. The summed E-state index contributed by atoms with van der Waals surface area (Å²) in [5.74, 6) is -0.119. The van der Waals surface area contributed by atoms with Crippen LogP contribution in [-0.2, 0) is 4.79 Å². The van der Waals surface area contributed by atoms with Gasteiger partial charge in [-0.25, -0.2) is 5.43 Å². The molecule has 1 aromatic rings. The van der Waals surface area contributed by atoms with Crippen molar-refractivity contribution in [2.24, 2.45) is 0 Å². The van der Waals surface area contributed by atoms with E-state index >= 15 is 0 Å². The second-order valence-electron chi connectivity index (χ2n) is 2.05. The Hall–Kier alpha value is -1.32. The number of hydrogen-bond donors (Lipinski definition) is 1. The van der Waals surface area contributed by atoms with Crippen molar-refractivity contribution in [3.63, 3.8) is 0 Å². The third kappa shape index (κ3) is 1.34. The fourth-order valence-corrected chi connectivity index (χ4v) is 0.636. The van der Waals surface area contributed by atoms with Gasteiger partial charge >= 0.3 is 0 Å². The van der Waals surface area contributed by atoms with Crippen molar-refractivity contribution >= 4 is 5.91 Å². The summed E-state index contributed by atoms with van der Waals surface area (Å²) in [6.45, 7) is 3.31. The molecule has 0 unspecified atom stereocenters. The van der Waals surface area contributed by atoms with Crippen LogP contribution in [-0.4, -0.2) is 15.8 Å². The zero-order valence-corrected chi connectivity index (χ0v) is 5.96. The van der Waals surface area contributed by atoms with Crippen molar-refractivity contribution in [1.29, 1.82) is 0 Å². The lowest BCUT2D eigenvalue weighted by Crippen LogP contribution is -2.21. The van der Waals surface area contributed by atoms with Gasteiger partial charge in [0.2, 0.25) is 5.91 Å². The zero-order chi connectivity index (χ0) is 7.56. The Labute approximate surface area is 58.8 Å². The topological polar surface area (TPSA) is 46.9 Å². The van der Waals surface area contributed by atoms with E-state index in [0.29, 0.717) is 0 Å². The van der Waals surface area contributed by atoms with E-state index in [1.807, 2.05) is 13.0 Å². The van der Waals surface area contributed by atoms with Gasteiger partial charge in [0.25, 0.3) is 0 Å². The molecule has 0 saturated heterocycles. The Morgan fingerprint density at radius 1 is 1.80 bits per heavy atom. The largest absolute Gasteiger partial charge is 0.274 e. The normalized spacial score (nSPS) is 9.40. The van der Waals surface area contributed by atoms with E-state index in [4.69, 9.17) is 0 Å². The fourth-order valence-electron chi connectivity index (χ4n) is 0.636. The summed E-state index contributed by atoms with van der Waals surface area (Å²) in [7, 11) is 0. The number of nitrogens with zero attached hydrogens (tertiary/aromatic N) is 2. The van der Waals surface area contributed by atoms with Gasteiger partial charge in [0.15, 0.2) is 0 Å². The molecule has 0 aliphatic carbocycles. The molecular weight excluding hydrogens is 130 g/mol. The molecule has 0 aliphatic rings. The van der Waals surface area contributed by atoms with E-state index in [0.717, 1.165) is 5.69 Å². The molecule has 1 rings (SSSR count). The molecule has 1 amide bonds. The molecule has 4 heteroatoms. The number of carbonyl (C=O) groups excluding carboxylic acids is 1. The van der Waals surface area contributed by atoms with Gasteiger partial charge in [0.1, 0.15) is 0 Å². The molecule has 0 radical (unpaired) electrons. The number of carbonyl (C=O) groups is 1. The van der Waals surface area contributed by atoms with Gasteiger partial charge in [0.05, 0.1) is 11.9 Å². The Balaban J connectivity index is 2.74. The number of aromatic nitrogens is 2. The fraction of sp³-hybridized carbons (Fsp3) is 0.333. The lowest BCUT2D eigenvalue weighted by Gasteiger charge is -2.01. The van der Waals surface area contributed by atoms with Crippen molar-refractivity contribution in [1.82, 2.24) is 9.89 Å². The summed E-state index contributed by atoms with van der Waals surface area (Å²) in [4.78, 5) is 11.9. The van der Waals surface area contributed by atoms with Gasteiger partial charge in [-0.1, -0.05) is 0 Å². The number of rotatable bonds is 1. The van der Waals surface area contributed by atoms with Crippen LogP contribution in [0.3, 0.4) is 0 Å². The van der Waals surface area contributed by atoms with Crippen LogP contribution in [0.1, 0.15) is 12.6 Å². The molecule has 0 aromatic carbocycles. The highest BCUT2D eigenvalue weighted by atomic mass is 16.2. The highest BCUT2D eigenvalue weighted by molar-refractivity contribution is 5.80. The highest BCUT2D eigenvalue weighted by Crippen LogP contribution is 1.90. The molecule has 0 aliphatic heterocycles. The van der Waals surface area contributed by atoms with E-state index < -0.39 is 0 Å². The van der Waals surface area contributed by atoms with Crippen LogP contribution in [0.4, 0.5) is 0 Å². The van der Waals surface area contributed by atoms with Crippen LogP contribution in [0.25, 0.3) is 0 Å². The SMILES string of the molecule is CC(=O)Nn1nccc1C. The van der Waals surface area contributed by atoms with Gasteiger partial charge in [-0.15, -0.1) is 0 Å². The van der Waals surface area contributed by atoms with Crippen LogP contribution in [0.5, 0.6) is 0 Å². The van der Waals surface area contributed by atoms with Crippen molar-refractivity contribution in [2.45, 2.75) is 13.8 Å². The van der Waals surface area contributed by atoms with Crippen LogP contribution < -0.4 is 5.43 Å². The average Bonchev–Trinajstić information content (AvgIpc) is 2.15. The molecule has 1 heterocycles. The maximum atomic E-state index is 10.5. The smallest absolute Gasteiger partial charge is 0.236 e. The van der Waals surface area contributed by atoms with Crippen LogP contribution >= 0.6 is 0 Å². The van der Waals surface area contributed by atoms with Crippen LogP contribution in [0.15, 0.2) is 12.3 Å². The van der Waals surface area contributed by atoms with Gasteiger partial charge in [-0.05, 0) is 13.0 Å². The molecule has 0 saturated carbocycles. The van der Waals surface area contributed by atoms with Gasteiger partial charge < -0.3 is 0 Å². The minimum Gasteiger partial charge on any atom is -0.274 e. The van der Waals surface area contributed by atoms with E-state index in [1.165, 1.54) is 11.7 Å². The number of aryl methyl sites for hydroxylation is 1. The minimum absolute atomic E-state index is 0.119. The zero-order valence-electron chi connectivity index (χ0n) is 5.96. The first-order valence-corrected chi connectivity index (χ1v) is 2.98. The van der Waals surface area contributed by atoms with Crippen LogP contribution in [0, 0.1) is 6.92 Å². The van der Waals surface area contributed by atoms with E-state index in [1.54, 1.807) is 6.20 Å². The third-order valence-corrected chi connectivity index (χ3v) is 1.10. The molecule has 0 bridgehead atoms. The lowest BCUT2D eigenvalue weighted by atomic mass is 10.5. The Bertz CT molecular complexity index is 241. The predicted octanol–water partition coefficient (Wildman–Crippen LogP) is 0.282. The average molecular weight is 139 g/mol. The van der Waals surface area contributed by atoms with Crippen molar-refractivity contribution < 1.29 is 4.79 Å². The second-order valence-corrected chi connectivity index (χ2v) is 2.05. The van der Waals surface area contributed by atoms with E-state index in [2.05, 4.69) is 10.5 Å². The number of hydrogen-bond acceptors (Lipinski definition) is 2. The number of amides is 1. The maximum Gasteiger partial charge on any atom is 0.236 e. The highest BCUT2D eigenvalue weighted by Gasteiger charge is 1.95. The molecule has 1 N–H and O–H groups in total. The van der Waals surface area contributed by atoms with E-state index in [9.17, 15) is 4.79 Å². The first kappa shape index (κ1) is 6.80. The predicted molar refractivity (Wildman–Crippen MR) is 37.0 cm³/mol. The van der Waals surface area contributed by atoms with Crippen molar-refractivity contribution in [2.75, 3.05) is 5.43 Å². The summed E-state index contributed by atoms with van der Waals surface area (Å²) < 4.78 is 0. The molecule has 4 nitrogen and oxygen atoms in total. The first-order chi connectivity index (χ1) is 4.70. The second kappa shape index (κ2) is 2.51. The van der Waals surface area contributed by atoms with Gasteiger partial charge in [-0.2, -0.15) is 9.89 Å². The Kier molecular flexibility index (Phi) is 1.71. The minimum atomic E-state index is -0.119. The maximum absolute atomic E-state index is 10.5. The monoisotopic (exact) mass is 139 g/mol. The van der Waals surface area contributed by atoms with Crippen LogP contribution in [0.2, 0.25) is 0 Å². The van der Waals surface area contributed by atoms with Gasteiger partial charge in [-0.3, -0.25) is 4.79 Å². The van der Waals surface area contributed by atoms with E-state index in [-0.39, 0.29) is 5.91 Å². The van der Waals surface area contributed by atoms with Crippen molar-refractivity contribution in [3.05, 3.63) is 18.0 Å². The Morgan fingerprint density at radius 2 is 2.50 bits per heavy atom. The van der Waals surface area contributed by atoms with Crippen molar-refractivity contribution in [3.8, 4) is 0 Å². The molecule has 1 aromatic heterocycles. The lowest BCUT2D eigenvalue weighted by molar-refractivity contribution is -0.115. The van der Waals surface area contributed by atoms with Gasteiger partial charge in [0, 0.05) is 6.92 Å². The first-order valence-electron chi connectivity index (χ1n) is 2.98. The summed E-state index contributed by atoms with van der Waals surface area (Å²) >= 11 is 0. The molecule has 0 spiro atoms. The molecular formula is C6H9N3O. The Morgan fingerprint density at radius 3 is 2.90 bits per heavy atom. The summed E-state index contributed by atoms with van der Waals surface area (Å²) in [5, 5.41) is 3.84. The standard InChI is InChI=1S/C6H9N3O/c1-5-3-4-7-9(5)8-6(2)10/h3-4H,1-2H3,(H,8,10). The third-order valence-electron chi connectivity index (χ3n) is 1.10. The molecule has 0 fully saturated rings. The summed E-state index contributed by atoms with van der Waals surface area (Å²) in [6.07, 6.45) is 1.63. The molecule has 54 valence electrons. The molecule has 0 atom stereocenters. The quantitative estimate of drug-likeness (QED) is 0.607. The number of nitrogens with one attached hydrogen (secondary N) is 1. The summed E-state index contributed by atoms with van der Waals surface area (Å²) in [5.41, 5.74) is 3.43.